The summed E-state index contributed by atoms with van der Waals surface area (Å²) in [6.07, 6.45) is 8.37. The van der Waals surface area contributed by atoms with Gasteiger partial charge in [-0.25, -0.2) is 0 Å². The van der Waals surface area contributed by atoms with Crippen molar-refractivity contribution in [2.45, 2.75) is 79.2 Å². The van der Waals surface area contributed by atoms with Gasteiger partial charge in [-0.3, -0.25) is 0 Å². The first-order valence-corrected chi connectivity index (χ1v) is 7.69. The van der Waals surface area contributed by atoms with Crippen LogP contribution in [0, 0.1) is 17.3 Å². The molecular weight excluding hydrogens is 206 g/mol. The zero-order chi connectivity index (χ0) is 12.9. The molecule has 1 N–H and O–H groups in total. The predicted molar refractivity (Wildman–Crippen MR) is 77.3 cm³/mol. The Morgan fingerprint density at radius 3 is 2.29 bits per heavy atom. The van der Waals surface area contributed by atoms with Crippen LogP contribution >= 0.6 is 0 Å². The third-order valence-corrected chi connectivity index (χ3v) is 4.70. The summed E-state index contributed by atoms with van der Waals surface area (Å²) in [5.41, 5.74) is 0.514. The third-order valence-electron chi connectivity index (χ3n) is 4.70. The molecule has 1 rings (SSSR count). The highest BCUT2D eigenvalue weighted by atomic mass is 14.9. The van der Waals surface area contributed by atoms with E-state index in [9.17, 15) is 0 Å². The lowest BCUT2D eigenvalue weighted by Crippen LogP contribution is -2.36. The molecule has 1 saturated carbocycles. The maximum Gasteiger partial charge on any atom is 0.00439 e. The van der Waals surface area contributed by atoms with Gasteiger partial charge in [0.25, 0.3) is 0 Å². The second-order valence-electron chi connectivity index (χ2n) is 7.00. The van der Waals surface area contributed by atoms with Gasteiger partial charge in [0.05, 0.1) is 0 Å². The third kappa shape index (κ3) is 4.99. The quantitative estimate of drug-likeness (QED) is 0.713. The zero-order valence-electron chi connectivity index (χ0n) is 12.7. The van der Waals surface area contributed by atoms with Crippen LogP contribution in [-0.4, -0.2) is 12.6 Å². The van der Waals surface area contributed by atoms with Crippen molar-refractivity contribution < 1.29 is 0 Å². The number of hydrogen-bond donors (Lipinski definition) is 1. The largest absolute Gasteiger partial charge is 0.314 e. The molecule has 0 bridgehead atoms. The van der Waals surface area contributed by atoms with Gasteiger partial charge in [-0.2, -0.15) is 0 Å². The van der Waals surface area contributed by atoms with Gasteiger partial charge in [-0.05, 0) is 56.4 Å². The molecule has 0 radical (unpaired) electrons. The first-order valence-electron chi connectivity index (χ1n) is 7.69. The minimum Gasteiger partial charge on any atom is -0.314 e. The monoisotopic (exact) mass is 239 g/mol. The lowest BCUT2D eigenvalue weighted by atomic mass is 9.66. The van der Waals surface area contributed by atoms with Crippen LogP contribution in [0.3, 0.4) is 0 Å². The molecule has 1 unspecified atom stereocenters. The first-order chi connectivity index (χ1) is 7.95. The van der Waals surface area contributed by atoms with Gasteiger partial charge >= 0.3 is 0 Å². The van der Waals surface area contributed by atoms with E-state index >= 15 is 0 Å². The van der Waals surface area contributed by atoms with E-state index in [-0.39, 0.29) is 0 Å². The summed E-state index contributed by atoms with van der Waals surface area (Å²) in [6.45, 7) is 13.1. The van der Waals surface area contributed by atoms with Crippen LogP contribution in [0.25, 0.3) is 0 Å². The lowest BCUT2D eigenvalue weighted by molar-refractivity contribution is 0.116. The average molecular weight is 239 g/mol. The molecule has 0 amide bonds. The van der Waals surface area contributed by atoms with Crippen LogP contribution < -0.4 is 5.32 Å². The van der Waals surface area contributed by atoms with Gasteiger partial charge in [0.15, 0.2) is 0 Å². The molecule has 17 heavy (non-hydrogen) atoms. The van der Waals surface area contributed by atoms with Crippen LogP contribution in [0.1, 0.15) is 73.1 Å². The standard InChI is InChI=1S/C16H33N/c1-6-11-17-14(3)12-16(4,5)15-9-7-13(2)8-10-15/h13-15,17H,6-12H2,1-5H3. The van der Waals surface area contributed by atoms with Crippen molar-refractivity contribution in [3.05, 3.63) is 0 Å². The van der Waals surface area contributed by atoms with Crippen LogP contribution in [0.2, 0.25) is 0 Å². The molecule has 1 fully saturated rings. The Morgan fingerprint density at radius 2 is 1.76 bits per heavy atom. The van der Waals surface area contributed by atoms with E-state index in [4.69, 9.17) is 0 Å². The van der Waals surface area contributed by atoms with Crippen LogP contribution in [0.4, 0.5) is 0 Å². The highest BCUT2D eigenvalue weighted by Gasteiger charge is 2.33. The fraction of sp³-hybridized carbons (Fsp3) is 1.00. The number of nitrogens with one attached hydrogen (secondary N) is 1. The molecule has 0 saturated heterocycles. The Bertz CT molecular complexity index is 202. The smallest absolute Gasteiger partial charge is 0.00439 e. The van der Waals surface area contributed by atoms with Crippen molar-refractivity contribution in [3.8, 4) is 0 Å². The van der Waals surface area contributed by atoms with Crippen molar-refractivity contribution in [1.82, 2.24) is 5.32 Å². The van der Waals surface area contributed by atoms with E-state index in [0.717, 1.165) is 11.8 Å². The minimum atomic E-state index is 0.514. The molecule has 0 heterocycles. The molecular formula is C16H33N. The molecule has 1 nitrogen and oxygen atoms in total. The van der Waals surface area contributed by atoms with Gasteiger partial charge in [0.2, 0.25) is 0 Å². The van der Waals surface area contributed by atoms with Crippen molar-refractivity contribution in [3.63, 3.8) is 0 Å². The Labute approximate surface area is 109 Å². The van der Waals surface area contributed by atoms with Gasteiger partial charge in [0, 0.05) is 6.04 Å². The molecule has 102 valence electrons. The van der Waals surface area contributed by atoms with Gasteiger partial charge in [-0.1, -0.05) is 40.5 Å². The summed E-state index contributed by atoms with van der Waals surface area (Å²) in [5.74, 6) is 1.92. The van der Waals surface area contributed by atoms with E-state index in [1.165, 1.54) is 45.1 Å². The van der Waals surface area contributed by atoms with E-state index in [1.807, 2.05) is 0 Å². The molecule has 1 aliphatic rings. The SMILES string of the molecule is CCCNC(C)CC(C)(C)C1CCC(C)CC1. The number of hydrogen-bond acceptors (Lipinski definition) is 1. The molecule has 0 spiro atoms. The summed E-state index contributed by atoms with van der Waals surface area (Å²) in [6, 6.07) is 0.671. The molecule has 0 aromatic rings. The second kappa shape index (κ2) is 6.78. The summed E-state index contributed by atoms with van der Waals surface area (Å²) in [5, 5.41) is 3.64. The van der Waals surface area contributed by atoms with Crippen molar-refractivity contribution >= 4 is 0 Å². The van der Waals surface area contributed by atoms with Gasteiger partial charge in [-0.15, -0.1) is 0 Å². The maximum absolute atomic E-state index is 3.64. The van der Waals surface area contributed by atoms with Crippen LogP contribution in [0.5, 0.6) is 0 Å². The molecule has 0 aromatic heterocycles. The first kappa shape index (κ1) is 15.0. The maximum atomic E-state index is 3.64. The van der Waals surface area contributed by atoms with E-state index < -0.39 is 0 Å². The highest BCUT2D eigenvalue weighted by Crippen LogP contribution is 2.42. The Hall–Kier alpha value is -0.0400. The molecule has 0 aliphatic heterocycles. The summed E-state index contributed by atoms with van der Waals surface area (Å²) < 4.78 is 0. The van der Waals surface area contributed by atoms with Crippen LogP contribution in [0.15, 0.2) is 0 Å². The predicted octanol–water partition coefficient (Wildman–Crippen LogP) is 4.62. The van der Waals surface area contributed by atoms with E-state index in [0.29, 0.717) is 11.5 Å². The Kier molecular flexibility index (Phi) is 5.99. The summed E-state index contributed by atoms with van der Waals surface area (Å²) >= 11 is 0. The highest BCUT2D eigenvalue weighted by molar-refractivity contribution is 4.85. The van der Waals surface area contributed by atoms with E-state index in [1.54, 1.807) is 0 Å². The normalized spacial score (nSPS) is 28.1. The molecule has 1 heteroatoms. The van der Waals surface area contributed by atoms with E-state index in [2.05, 4.69) is 39.9 Å². The molecule has 1 atom stereocenters. The number of rotatable bonds is 6. The fourth-order valence-electron chi connectivity index (χ4n) is 3.46. The molecule has 0 aromatic carbocycles. The molecule has 1 aliphatic carbocycles. The minimum absolute atomic E-state index is 0.514. The Morgan fingerprint density at radius 1 is 1.18 bits per heavy atom. The fourth-order valence-corrected chi connectivity index (χ4v) is 3.46. The van der Waals surface area contributed by atoms with Crippen LogP contribution in [-0.2, 0) is 0 Å². The zero-order valence-corrected chi connectivity index (χ0v) is 12.7. The van der Waals surface area contributed by atoms with Gasteiger partial charge < -0.3 is 5.32 Å². The van der Waals surface area contributed by atoms with Gasteiger partial charge in [0.1, 0.15) is 0 Å². The second-order valence-corrected chi connectivity index (χ2v) is 7.00. The van der Waals surface area contributed by atoms with Crippen molar-refractivity contribution in [1.29, 1.82) is 0 Å². The van der Waals surface area contributed by atoms with Crippen molar-refractivity contribution in [2.24, 2.45) is 17.3 Å². The van der Waals surface area contributed by atoms with Crippen molar-refractivity contribution in [2.75, 3.05) is 6.54 Å². The average Bonchev–Trinajstić information content (AvgIpc) is 2.26. The Balaban J connectivity index is 2.38. The summed E-state index contributed by atoms with van der Waals surface area (Å²) in [7, 11) is 0. The lowest BCUT2D eigenvalue weighted by Gasteiger charge is -2.40. The summed E-state index contributed by atoms with van der Waals surface area (Å²) in [4.78, 5) is 0. The topological polar surface area (TPSA) is 12.0 Å².